The Labute approximate surface area is 159 Å². The molecule has 1 fully saturated rings. The second-order valence-electron chi connectivity index (χ2n) is 6.07. The third-order valence-electron chi connectivity index (χ3n) is 4.05. The zero-order valence-electron chi connectivity index (χ0n) is 14.6. The summed E-state index contributed by atoms with van der Waals surface area (Å²) in [6, 6.07) is 13.1. The minimum atomic E-state index is -2.94. The highest BCUT2D eigenvalue weighted by Crippen LogP contribution is 2.18. The number of imide groups is 1. The van der Waals surface area contributed by atoms with Crippen LogP contribution in [-0.4, -0.2) is 41.9 Å². The molecule has 7 nitrogen and oxygen atoms in total. The van der Waals surface area contributed by atoms with Crippen molar-refractivity contribution in [1.82, 2.24) is 10.2 Å². The van der Waals surface area contributed by atoms with Crippen molar-refractivity contribution in [1.29, 1.82) is 0 Å². The lowest BCUT2D eigenvalue weighted by Gasteiger charge is -2.13. The number of amides is 4. The van der Waals surface area contributed by atoms with Crippen molar-refractivity contribution < 1.29 is 27.9 Å². The lowest BCUT2D eigenvalue weighted by Crippen LogP contribution is -2.38. The second kappa shape index (κ2) is 8.47. The largest absolute Gasteiger partial charge is 0.435 e. The first-order valence-corrected chi connectivity index (χ1v) is 8.43. The SMILES string of the molecule is O=C(CN1C(=O)N[C@H](Cc2ccccc2)C1=O)Nc1ccc(OC(F)F)cc1. The van der Waals surface area contributed by atoms with Crippen molar-refractivity contribution in [3.63, 3.8) is 0 Å². The van der Waals surface area contributed by atoms with Crippen molar-refractivity contribution in [2.75, 3.05) is 11.9 Å². The maximum absolute atomic E-state index is 12.4. The van der Waals surface area contributed by atoms with E-state index in [1.165, 1.54) is 24.3 Å². The van der Waals surface area contributed by atoms with Crippen LogP contribution in [0, 0.1) is 0 Å². The molecule has 9 heteroatoms. The van der Waals surface area contributed by atoms with Crippen molar-refractivity contribution >= 4 is 23.5 Å². The molecule has 1 atom stereocenters. The number of halogens is 2. The molecule has 2 aromatic carbocycles. The van der Waals surface area contributed by atoms with Gasteiger partial charge in [0, 0.05) is 12.1 Å². The summed E-state index contributed by atoms with van der Waals surface area (Å²) in [5, 5.41) is 5.07. The van der Waals surface area contributed by atoms with Gasteiger partial charge in [-0.15, -0.1) is 0 Å². The molecule has 0 saturated carbocycles. The van der Waals surface area contributed by atoms with E-state index in [0.29, 0.717) is 12.1 Å². The van der Waals surface area contributed by atoms with Gasteiger partial charge in [-0.05, 0) is 29.8 Å². The molecule has 1 heterocycles. The Hall–Kier alpha value is -3.49. The molecule has 0 unspecified atom stereocenters. The van der Waals surface area contributed by atoms with Crippen LogP contribution in [-0.2, 0) is 16.0 Å². The lowest BCUT2D eigenvalue weighted by atomic mass is 10.1. The van der Waals surface area contributed by atoms with E-state index in [9.17, 15) is 23.2 Å². The molecule has 28 heavy (non-hydrogen) atoms. The molecule has 0 radical (unpaired) electrons. The van der Waals surface area contributed by atoms with Crippen LogP contribution in [0.5, 0.6) is 5.75 Å². The number of hydrogen-bond acceptors (Lipinski definition) is 4. The number of alkyl halides is 2. The number of urea groups is 1. The third kappa shape index (κ3) is 4.81. The Kier molecular flexibility index (Phi) is 5.83. The minimum absolute atomic E-state index is 0.0501. The Morgan fingerprint density at radius 1 is 1.11 bits per heavy atom. The van der Waals surface area contributed by atoms with Gasteiger partial charge in [-0.1, -0.05) is 30.3 Å². The number of hydrogen-bond donors (Lipinski definition) is 2. The van der Waals surface area contributed by atoms with Crippen LogP contribution in [0.2, 0.25) is 0 Å². The predicted octanol–water partition coefficient (Wildman–Crippen LogP) is 2.39. The Morgan fingerprint density at radius 2 is 1.79 bits per heavy atom. The molecular formula is C19H17F2N3O4. The summed E-state index contributed by atoms with van der Waals surface area (Å²) >= 11 is 0. The average molecular weight is 389 g/mol. The van der Waals surface area contributed by atoms with E-state index >= 15 is 0 Å². The molecular weight excluding hydrogens is 372 g/mol. The molecule has 146 valence electrons. The van der Waals surface area contributed by atoms with Crippen LogP contribution in [0.1, 0.15) is 5.56 Å². The van der Waals surface area contributed by atoms with Crippen LogP contribution in [0.3, 0.4) is 0 Å². The summed E-state index contributed by atoms with van der Waals surface area (Å²) in [5.74, 6) is -1.12. The van der Waals surface area contributed by atoms with Gasteiger partial charge in [0.25, 0.3) is 5.91 Å². The first-order valence-electron chi connectivity index (χ1n) is 8.43. The Bertz CT molecular complexity index is 859. The highest BCUT2D eigenvalue weighted by molar-refractivity contribution is 6.08. The van der Waals surface area contributed by atoms with Crippen molar-refractivity contribution in [3.8, 4) is 5.75 Å². The molecule has 2 aromatic rings. The van der Waals surface area contributed by atoms with E-state index in [2.05, 4.69) is 15.4 Å². The number of carbonyl (C=O) groups excluding carboxylic acids is 3. The summed E-state index contributed by atoms with van der Waals surface area (Å²) in [7, 11) is 0. The molecule has 2 N–H and O–H groups in total. The third-order valence-corrected chi connectivity index (χ3v) is 4.05. The van der Waals surface area contributed by atoms with E-state index in [4.69, 9.17) is 0 Å². The summed E-state index contributed by atoms with van der Waals surface area (Å²) in [6.45, 7) is -3.39. The van der Waals surface area contributed by atoms with Gasteiger partial charge < -0.3 is 15.4 Å². The topological polar surface area (TPSA) is 87.7 Å². The normalized spacial score (nSPS) is 16.2. The van der Waals surface area contributed by atoms with Crippen LogP contribution >= 0.6 is 0 Å². The van der Waals surface area contributed by atoms with Gasteiger partial charge in [0.05, 0.1) is 0 Å². The molecule has 0 aromatic heterocycles. The fraction of sp³-hybridized carbons (Fsp3) is 0.211. The van der Waals surface area contributed by atoms with Gasteiger partial charge in [-0.25, -0.2) is 4.79 Å². The van der Waals surface area contributed by atoms with Gasteiger partial charge in [-0.3, -0.25) is 14.5 Å². The second-order valence-corrected chi connectivity index (χ2v) is 6.07. The first kappa shape index (κ1) is 19.3. The number of rotatable bonds is 7. The van der Waals surface area contributed by atoms with E-state index < -0.39 is 37.0 Å². The van der Waals surface area contributed by atoms with E-state index in [1.807, 2.05) is 30.3 Å². The van der Waals surface area contributed by atoms with E-state index in [0.717, 1.165) is 10.5 Å². The van der Waals surface area contributed by atoms with E-state index in [-0.39, 0.29) is 5.75 Å². The van der Waals surface area contributed by atoms with Crippen molar-refractivity contribution in [2.24, 2.45) is 0 Å². The molecule has 1 aliphatic heterocycles. The van der Waals surface area contributed by atoms with Crippen LogP contribution < -0.4 is 15.4 Å². The lowest BCUT2D eigenvalue weighted by molar-refractivity contribution is -0.130. The maximum atomic E-state index is 12.4. The standard InChI is InChI=1S/C19H17F2N3O4/c20-18(21)28-14-8-6-13(7-9-14)22-16(25)11-24-17(26)15(23-19(24)27)10-12-4-2-1-3-5-12/h1-9,15,18H,10-11H2,(H,22,25)(H,23,27)/t15-/m1/s1. The molecule has 1 aliphatic rings. The molecule has 4 amide bonds. The molecule has 0 aliphatic carbocycles. The highest BCUT2D eigenvalue weighted by atomic mass is 19.3. The van der Waals surface area contributed by atoms with Crippen molar-refractivity contribution in [2.45, 2.75) is 19.1 Å². The number of nitrogens with zero attached hydrogens (tertiary/aromatic N) is 1. The zero-order valence-corrected chi connectivity index (χ0v) is 14.6. The quantitative estimate of drug-likeness (QED) is 0.712. The fourth-order valence-electron chi connectivity index (χ4n) is 2.78. The monoisotopic (exact) mass is 389 g/mol. The highest BCUT2D eigenvalue weighted by Gasteiger charge is 2.38. The smallest absolute Gasteiger partial charge is 0.387 e. The summed E-state index contributed by atoms with van der Waals surface area (Å²) in [6.07, 6.45) is 0.329. The summed E-state index contributed by atoms with van der Waals surface area (Å²) in [5.41, 5.74) is 1.21. The Morgan fingerprint density at radius 3 is 2.43 bits per heavy atom. The molecule has 0 spiro atoms. The predicted molar refractivity (Wildman–Crippen MR) is 95.9 cm³/mol. The number of nitrogens with one attached hydrogen (secondary N) is 2. The molecule has 0 bridgehead atoms. The number of anilines is 1. The zero-order chi connectivity index (χ0) is 20.1. The average Bonchev–Trinajstić information content (AvgIpc) is 2.91. The van der Waals surface area contributed by atoms with E-state index in [1.54, 1.807) is 0 Å². The minimum Gasteiger partial charge on any atom is -0.435 e. The number of benzene rings is 2. The van der Waals surface area contributed by atoms with Crippen LogP contribution in [0.4, 0.5) is 19.3 Å². The maximum Gasteiger partial charge on any atom is 0.387 e. The van der Waals surface area contributed by atoms with Crippen LogP contribution in [0.15, 0.2) is 54.6 Å². The van der Waals surface area contributed by atoms with Crippen LogP contribution in [0.25, 0.3) is 0 Å². The molecule has 1 saturated heterocycles. The summed E-state index contributed by atoms with van der Waals surface area (Å²) in [4.78, 5) is 37.5. The number of ether oxygens (including phenoxy) is 1. The van der Waals surface area contributed by atoms with Gasteiger partial charge in [0.2, 0.25) is 5.91 Å². The first-order chi connectivity index (χ1) is 13.4. The number of carbonyl (C=O) groups is 3. The fourth-order valence-corrected chi connectivity index (χ4v) is 2.78. The van der Waals surface area contributed by atoms with Gasteiger partial charge in [-0.2, -0.15) is 8.78 Å². The van der Waals surface area contributed by atoms with Gasteiger partial charge >= 0.3 is 12.6 Å². The van der Waals surface area contributed by atoms with Crippen molar-refractivity contribution in [3.05, 3.63) is 60.2 Å². The summed E-state index contributed by atoms with van der Waals surface area (Å²) < 4.78 is 28.5. The molecule has 3 rings (SSSR count). The van der Waals surface area contributed by atoms with Gasteiger partial charge in [0.15, 0.2) is 0 Å². The van der Waals surface area contributed by atoms with Gasteiger partial charge in [0.1, 0.15) is 18.3 Å². The Balaban J connectivity index is 1.56.